The summed E-state index contributed by atoms with van der Waals surface area (Å²) in [6, 6.07) is 6.50. The van der Waals surface area contributed by atoms with Crippen LogP contribution in [0.2, 0.25) is 0 Å². The van der Waals surface area contributed by atoms with E-state index in [1.54, 1.807) is 18.2 Å². The average Bonchev–Trinajstić information content (AvgIpc) is 2.96. The van der Waals surface area contributed by atoms with Gasteiger partial charge < -0.3 is 54.7 Å². The molecule has 0 bridgehead atoms. The highest BCUT2D eigenvalue weighted by Gasteiger charge is 2.32. The number of phenols is 2. The van der Waals surface area contributed by atoms with Gasteiger partial charge in [-0.05, 0) is 73.1 Å². The van der Waals surface area contributed by atoms with Gasteiger partial charge in [-0.3, -0.25) is 0 Å². The Morgan fingerprint density at radius 3 is 2.29 bits per heavy atom. The molecule has 13 heteroatoms. The summed E-state index contributed by atoms with van der Waals surface area (Å²) in [5.41, 5.74) is 2.31. The zero-order chi connectivity index (χ0) is 29.9. The monoisotopic (exact) mass is 616 g/mol. The molecule has 230 valence electrons. The zero-order valence-corrected chi connectivity index (χ0v) is 24.8. The van der Waals surface area contributed by atoms with Crippen LogP contribution in [0.15, 0.2) is 24.3 Å². The highest BCUT2D eigenvalue weighted by Crippen LogP contribution is 2.46. The average molecular weight is 617 g/mol. The first-order valence-electron chi connectivity index (χ1n) is 13.3. The number of ether oxygens (including phenoxy) is 4. The zero-order valence-electron chi connectivity index (χ0n) is 23.1. The second-order valence-electron chi connectivity index (χ2n) is 9.72. The highest BCUT2D eigenvalue weighted by atomic mass is 33.1. The van der Waals surface area contributed by atoms with Crippen LogP contribution in [0.25, 0.3) is 0 Å². The number of methoxy groups -OCH3 is 2. The molecule has 0 saturated carbocycles. The number of hydrogen-bond acceptors (Lipinski definition) is 13. The standard InChI is InChI=1S/C28H40O11S2/c1-36-24-10-17-3-4-18(38-14-30)11-21(32)20(7-16-8-25(37-2)28(35)26(9-16)39-15-31)23(34)13-40-41-27(5-6-29)19(17)12-22(24)33/h8-10,12,18,20-21,23,27,29-35H,3-7,11,13-15H2,1-2H3/t18-,20+,21+,23-,27-/m0/s1. The third-order valence-corrected chi connectivity index (χ3v) is 10.0. The Balaban J connectivity index is 1.96. The molecule has 1 heterocycles. The van der Waals surface area contributed by atoms with E-state index in [2.05, 4.69) is 0 Å². The molecular weight excluding hydrogens is 576 g/mol. The third-order valence-electron chi connectivity index (χ3n) is 7.15. The van der Waals surface area contributed by atoms with Gasteiger partial charge >= 0.3 is 0 Å². The number of aromatic hydroxyl groups is 2. The fraction of sp³-hybridized carbons (Fsp3) is 0.571. The molecule has 0 aliphatic carbocycles. The van der Waals surface area contributed by atoms with Gasteiger partial charge in [0.1, 0.15) is 6.79 Å². The van der Waals surface area contributed by atoms with E-state index in [4.69, 9.17) is 18.9 Å². The third kappa shape index (κ3) is 8.94. The second-order valence-corrected chi connectivity index (χ2v) is 12.3. The Morgan fingerprint density at radius 1 is 0.902 bits per heavy atom. The number of aliphatic hydroxyl groups is 5. The number of rotatable bonds is 10. The molecule has 0 fully saturated rings. The van der Waals surface area contributed by atoms with Crippen LogP contribution in [0.5, 0.6) is 28.7 Å². The SMILES string of the molecule is COc1cc2c(cc1O)[C@H](CCO)SSC[C@H](O)[C@H](Cc1cc(OC)c(O)c(OCO)c1)[C@H](O)C[C@@H](OCO)CC2. The number of hydrogen-bond donors (Lipinski definition) is 7. The highest BCUT2D eigenvalue weighted by molar-refractivity contribution is 8.76. The lowest BCUT2D eigenvalue weighted by molar-refractivity contribution is -0.0808. The number of aryl methyl sites for hydroxylation is 1. The molecule has 0 amide bonds. The van der Waals surface area contributed by atoms with Crippen LogP contribution < -0.4 is 14.2 Å². The van der Waals surface area contributed by atoms with Crippen molar-refractivity contribution in [2.24, 2.45) is 5.92 Å². The van der Waals surface area contributed by atoms with Crippen molar-refractivity contribution >= 4 is 21.6 Å². The lowest BCUT2D eigenvalue weighted by atomic mass is 9.85. The number of benzene rings is 2. The first-order valence-corrected chi connectivity index (χ1v) is 15.6. The Labute approximate surface area is 247 Å². The van der Waals surface area contributed by atoms with Crippen molar-refractivity contribution in [2.45, 2.75) is 55.7 Å². The van der Waals surface area contributed by atoms with Crippen molar-refractivity contribution in [1.82, 2.24) is 0 Å². The largest absolute Gasteiger partial charge is 0.504 e. The molecule has 0 spiro atoms. The first kappa shape index (κ1) is 33.4. The normalized spacial score (nSPS) is 23.9. The van der Waals surface area contributed by atoms with E-state index in [0.29, 0.717) is 30.6 Å². The molecule has 2 aromatic rings. The van der Waals surface area contributed by atoms with E-state index >= 15 is 0 Å². The van der Waals surface area contributed by atoms with Crippen molar-refractivity contribution in [3.63, 3.8) is 0 Å². The molecule has 0 radical (unpaired) electrons. The van der Waals surface area contributed by atoms with Crippen molar-refractivity contribution in [2.75, 3.05) is 40.2 Å². The number of fused-ring (bicyclic) bond motifs is 1. The minimum absolute atomic E-state index is 0.00480. The summed E-state index contributed by atoms with van der Waals surface area (Å²) in [6.45, 7) is -1.29. The Hall–Kier alpha value is -2.10. The molecule has 11 nitrogen and oxygen atoms in total. The molecule has 0 unspecified atom stereocenters. The van der Waals surface area contributed by atoms with E-state index < -0.39 is 37.8 Å². The van der Waals surface area contributed by atoms with Crippen LogP contribution >= 0.6 is 21.6 Å². The van der Waals surface area contributed by atoms with Crippen LogP contribution in [0.4, 0.5) is 0 Å². The molecule has 0 aromatic heterocycles. The minimum atomic E-state index is -1.03. The van der Waals surface area contributed by atoms with Crippen LogP contribution in [-0.4, -0.2) is 94.2 Å². The molecule has 0 saturated heterocycles. The molecule has 7 N–H and O–H groups in total. The van der Waals surface area contributed by atoms with Crippen LogP contribution in [-0.2, 0) is 17.6 Å². The summed E-state index contributed by atoms with van der Waals surface area (Å²) in [5, 5.41) is 71.9. The van der Waals surface area contributed by atoms with Gasteiger partial charge in [-0.2, -0.15) is 0 Å². The van der Waals surface area contributed by atoms with Gasteiger partial charge in [0.25, 0.3) is 0 Å². The Kier molecular flexibility index (Phi) is 13.5. The summed E-state index contributed by atoms with van der Waals surface area (Å²) in [6.07, 6.45) is -0.931. The maximum Gasteiger partial charge on any atom is 0.200 e. The quantitative estimate of drug-likeness (QED) is 0.153. The summed E-state index contributed by atoms with van der Waals surface area (Å²) in [7, 11) is 5.71. The maximum atomic E-state index is 11.4. The Bertz CT molecular complexity index is 1100. The summed E-state index contributed by atoms with van der Waals surface area (Å²) in [4.78, 5) is 0. The fourth-order valence-corrected chi connectivity index (χ4v) is 7.92. The van der Waals surface area contributed by atoms with Gasteiger partial charge in [0.05, 0.1) is 32.5 Å². The molecule has 5 atom stereocenters. The van der Waals surface area contributed by atoms with Crippen LogP contribution in [0, 0.1) is 5.92 Å². The van der Waals surface area contributed by atoms with Crippen molar-refractivity contribution in [1.29, 1.82) is 0 Å². The molecule has 1 aliphatic heterocycles. The predicted molar refractivity (Wildman–Crippen MR) is 156 cm³/mol. The van der Waals surface area contributed by atoms with E-state index in [-0.39, 0.29) is 53.4 Å². The van der Waals surface area contributed by atoms with Crippen LogP contribution in [0.3, 0.4) is 0 Å². The number of phenolic OH excluding ortho intramolecular Hbond substituents is 2. The Morgan fingerprint density at radius 2 is 1.63 bits per heavy atom. The van der Waals surface area contributed by atoms with Crippen molar-refractivity contribution in [3.8, 4) is 28.7 Å². The van der Waals surface area contributed by atoms with Gasteiger partial charge in [-0.15, -0.1) is 0 Å². The minimum Gasteiger partial charge on any atom is -0.504 e. The smallest absolute Gasteiger partial charge is 0.200 e. The number of aliphatic hydroxyl groups excluding tert-OH is 5. The topological polar surface area (TPSA) is 179 Å². The first-order chi connectivity index (χ1) is 19.8. The molecule has 1 aliphatic rings. The van der Waals surface area contributed by atoms with E-state index in [1.807, 2.05) is 0 Å². The molecule has 41 heavy (non-hydrogen) atoms. The summed E-state index contributed by atoms with van der Waals surface area (Å²) in [5.74, 6) is -0.282. The summed E-state index contributed by atoms with van der Waals surface area (Å²) >= 11 is 0. The predicted octanol–water partition coefficient (Wildman–Crippen LogP) is 2.50. The summed E-state index contributed by atoms with van der Waals surface area (Å²) < 4.78 is 21.3. The van der Waals surface area contributed by atoms with Gasteiger partial charge in [-0.25, -0.2) is 0 Å². The lowest BCUT2D eigenvalue weighted by Crippen LogP contribution is -2.38. The van der Waals surface area contributed by atoms with E-state index in [1.165, 1.54) is 41.9 Å². The second kappa shape index (κ2) is 16.5. The lowest BCUT2D eigenvalue weighted by Gasteiger charge is -2.30. The maximum absolute atomic E-state index is 11.4. The van der Waals surface area contributed by atoms with Gasteiger partial charge in [0.15, 0.2) is 29.8 Å². The fourth-order valence-electron chi connectivity index (χ4n) is 5.02. The van der Waals surface area contributed by atoms with Crippen LogP contribution in [0.1, 0.15) is 41.2 Å². The molecular formula is C28H40O11S2. The van der Waals surface area contributed by atoms with E-state index in [9.17, 15) is 35.7 Å². The van der Waals surface area contributed by atoms with Crippen molar-refractivity contribution in [3.05, 3.63) is 41.0 Å². The molecule has 2 aromatic carbocycles. The van der Waals surface area contributed by atoms with Gasteiger partial charge in [0.2, 0.25) is 5.75 Å². The van der Waals surface area contributed by atoms with Gasteiger partial charge in [0, 0.05) is 23.5 Å². The molecule has 3 rings (SSSR count). The van der Waals surface area contributed by atoms with Crippen molar-refractivity contribution < 1.29 is 54.7 Å². The van der Waals surface area contributed by atoms with E-state index in [0.717, 1.165) is 11.1 Å². The van der Waals surface area contributed by atoms with Gasteiger partial charge in [-0.1, -0.05) is 21.6 Å².